The van der Waals surface area contributed by atoms with E-state index in [2.05, 4.69) is 32.7 Å². The average molecular weight is 499 g/mol. The van der Waals surface area contributed by atoms with E-state index in [-0.39, 0.29) is 29.9 Å². The van der Waals surface area contributed by atoms with Crippen LogP contribution in [0.25, 0.3) is 0 Å². The summed E-state index contributed by atoms with van der Waals surface area (Å²) in [5.41, 5.74) is 1.73. The molecule has 2 rings (SSSR count). The van der Waals surface area contributed by atoms with E-state index in [1.54, 1.807) is 25.3 Å². The number of nitrogens with one attached hydrogen (secondary N) is 2. The zero-order valence-electron chi connectivity index (χ0n) is 17.0. The lowest BCUT2D eigenvalue weighted by atomic mass is 10.1. The Kier molecular flexibility index (Phi) is 10.5. The minimum atomic E-state index is 0. The first-order valence-electron chi connectivity index (χ1n) is 9.24. The fourth-order valence-electron chi connectivity index (χ4n) is 2.56. The highest BCUT2D eigenvalue weighted by Gasteiger charge is 2.07. The second-order valence-corrected chi connectivity index (χ2v) is 6.31. The van der Waals surface area contributed by atoms with Gasteiger partial charge in [-0.3, -0.25) is 4.79 Å². The molecule has 2 aromatic rings. The van der Waals surface area contributed by atoms with Crippen LogP contribution in [0.1, 0.15) is 35.6 Å². The first kappa shape index (κ1) is 23.9. The fraction of sp³-hybridized carbons (Fsp3) is 0.474. The number of amides is 1. The summed E-state index contributed by atoms with van der Waals surface area (Å²) >= 11 is 0. The monoisotopic (exact) mass is 499 g/mol. The highest BCUT2D eigenvalue weighted by molar-refractivity contribution is 14.0. The highest BCUT2D eigenvalue weighted by Crippen LogP contribution is 2.07. The van der Waals surface area contributed by atoms with Crippen molar-refractivity contribution < 1.29 is 4.79 Å². The van der Waals surface area contributed by atoms with E-state index in [0.29, 0.717) is 12.1 Å². The molecule has 1 aromatic heterocycles. The molecule has 0 atom stereocenters. The number of hydrogen-bond acceptors (Lipinski definition) is 4. The van der Waals surface area contributed by atoms with Crippen LogP contribution in [0.5, 0.6) is 0 Å². The van der Waals surface area contributed by atoms with E-state index in [9.17, 15) is 4.79 Å². The Bertz CT molecular complexity index is 756. The van der Waals surface area contributed by atoms with Crippen molar-refractivity contribution in [2.24, 2.45) is 4.99 Å². The number of carbonyl (C=O) groups is 1. The molecule has 0 bridgehead atoms. The Balaban J connectivity index is 0.00000392. The van der Waals surface area contributed by atoms with Gasteiger partial charge in [0.05, 0.1) is 6.54 Å². The number of benzene rings is 1. The largest absolute Gasteiger partial charge is 0.357 e. The molecule has 0 spiro atoms. The summed E-state index contributed by atoms with van der Waals surface area (Å²) in [5.74, 6) is 1.74. The Morgan fingerprint density at radius 2 is 1.89 bits per heavy atom. The molecule has 1 amide bonds. The zero-order valence-corrected chi connectivity index (χ0v) is 19.3. The van der Waals surface area contributed by atoms with E-state index in [1.165, 1.54) is 0 Å². The van der Waals surface area contributed by atoms with Gasteiger partial charge in [-0.05, 0) is 24.6 Å². The molecule has 0 aliphatic heterocycles. The van der Waals surface area contributed by atoms with Gasteiger partial charge in [0.15, 0.2) is 5.96 Å². The summed E-state index contributed by atoms with van der Waals surface area (Å²) < 4.78 is 2.04. The van der Waals surface area contributed by atoms with Crippen LogP contribution in [0.15, 0.2) is 35.6 Å². The minimum Gasteiger partial charge on any atom is -0.357 e. The number of aliphatic imine (C=N–C) groups is 1. The maximum absolute atomic E-state index is 11.9. The SMILES string of the molecule is CCNC(=NCc1ccc(C(=O)N(C)C)cc1)NCCn1cnnc1CC.I. The van der Waals surface area contributed by atoms with Crippen molar-refractivity contribution in [3.63, 3.8) is 0 Å². The summed E-state index contributed by atoms with van der Waals surface area (Å²) in [6, 6.07) is 7.56. The lowest BCUT2D eigenvalue weighted by molar-refractivity contribution is 0.0827. The van der Waals surface area contributed by atoms with Crippen LogP contribution in [-0.4, -0.2) is 58.7 Å². The molecule has 0 radical (unpaired) electrons. The van der Waals surface area contributed by atoms with Crippen LogP contribution in [0, 0.1) is 0 Å². The third kappa shape index (κ3) is 7.10. The smallest absolute Gasteiger partial charge is 0.253 e. The van der Waals surface area contributed by atoms with Gasteiger partial charge in [-0.25, -0.2) is 4.99 Å². The van der Waals surface area contributed by atoms with Crippen molar-refractivity contribution in [3.8, 4) is 0 Å². The number of guanidine groups is 1. The Morgan fingerprint density at radius 1 is 1.18 bits per heavy atom. The second-order valence-electron chi connectivity index (χ2n) is 6.31. The van der Waals surface area contributed by atoms with E-state index >= 15 is 0 Å². The molecule has 0 unspecified atom stereocenters. The summed E-state index contributed by atoms with van der Waals surface area (Å²) in [6.07, 6.45) is 2.61. The number of rotatable bonds is 8. The summed E-state index contributed by atoms with van der Waals surface area (Å²) in [6.45, 7) is 6.94. The van der Waals surface area contributed by atoms with E-state index in [0.717, 1.165) is 43.4 Å². The normalized spacial score (nSPS) is 10.9. The van der Waals surface area contributed by atoms with E-state index in [1.807, 2.05) is 35.8 Å². The van der Waals surface area contributed by atoms with Crippen molar-refractivity contribution in [3.05, 3.63) is 47.5 Å². The van der Waals surface area contributed by atoms with Gasteiger partial charge in [0.25, 0.3) is 5.91 Å². The number of halogens is 1. The molecule has 1 aromatic carbocycles. The van der Waals surface area contributed by atoms with Crippen molar-refractivity contribution in [2.75, 3.05) is 27.2 Å². The van der Waals surface area contributed by atoms with Crippen LogP contribution >= 0.6 is 24.0 Å². The molecule has 28 heavy (non-hydrogen) atoms. The van der Waals surface area contributed by atoms with Crippen molar-refractivity contribution >= 4 is 35.8 Å². The third-order valence-corrected chi connectivity index (χ3v) is 4.03. The van der Waals surface area contributed by atoms with Gasteiger partial charge >= 0.3 is 0 Å². The van der Waals surface area contributed by atoms with Crippen LogP contribution < -0.4 is 10.6 Å². The molecular formula is C19H30IN7O. The third-order valence-electron chi connectivity index (χ3n) is 4.03. The number of aryl methyl sites for hydroxylation is 1. The molecule has 0 fully saturated rings. The van der Waals surface area contributed by atoms with Gasteiger partial charge in [-0.15, -0.1) is 34.2 Å². The van der Waals surface area contributed by atoms with Gasteiger partial charge in [0.2, 0.25) is 0 Å². The predicted octanol–water partition coefficient (Wildman–Crippen LogP) is 1.92. The van der Waals surface area contributed by atoms with Gasteiger partial charge in [0.1, 0.15) is 12.2 Å². The standard InChI is InChI=1S/C19H29N7O.HI/c1-5-17-24-23-14-26(17)12-11-21-19(20-6-2)22-13-15-7-9-16(10-8-15)18(27)25(3)4;/h7-10,14H,5-6,11-13H2,1-4H3,(H2,20,21,22);1H. The Hall–Kier alpha value is -2.17. The summed E-state index contributed by atoms with van der Waals surface area (Å²) in [5, 5.41) is 14.6. The van der Waals surface area contributed by atoms with Gasteiger partial charge < -0.3 is 20.1 Å². The highest BCUT2D eigenvalue weighted by atomic mass is 127. The van der Waals surface area contributed by atoms with Crippen LogP contribution in [0.3, 0.4) is 0 Å². The molecule has 8 nitrogen and oxygen atoms in total. The predicted molar refractivity (Wildman–Crippen MR) is 122 cm³/mol. The van der Waals surface area contributed by atoms with Crippen LogP contribution in [-0.2, 0) is 19.5 Å². The lowest BCUT2D eigenvalue weighted by Crippen LogP contribution is -2.38. The minimum absolute atomic E-state index is 0. The molecular weight excluding hydrogens is 469 g/mol. The quantitative estimate of drug-likeness (QED) is 0.329. The molecule has 0 aliphatic rings. The second kappa shape index (κ2) is 12.3. The van der Waals surface area contributed by atoms with Crippen molar-refractivity contribution in [1.29, 1.82) is 0 Å². The summed E-state index contributed by atoms with van der Waals surface area (Å²) in [7, 11) is 3.50. The van der Waals surface area contributed by atoms with Crippen LogP contribution in [0.4, 0.5) is 0 Å². The Morgan fingerprint density at radius 3 is 2.50 bits per heavy atom. The molecule has 0 saturated carbocycles. The summed E-state index contributed by atoms with van der Waals surface area (Å²) in [4.78, 5) is 18.1. The zero-order chi connectivity index (χ0) is 19.6. The molecule has 2 N–H and O–H groups in total. The molecule has 1 heterocycles. The van der Waals surface area contributed by atoms with Gasteiger partial charge in [0, 0.05) is 45.7 Å². The first-order valence-corrected chi connectivity index (χ1v) is 9.24. The fourth-order valence-corrected chi connectivity index (χ4v) is 2.56. The van der Waals surface area contributed by atoms with E-state index < -0.39 is 0 Å². The van der Waals surface area contributed by atoms with Gasteiger partial charge in [-0.2, -0.15) is 0 Å². The maximum Gasteiger partial charge on any atom is 0.253 e. The average Bonchev–Trinajstić information content (AvgIpc) is 3.13. The van der Waals surface area contributed by atoms with E-state index in [4.69, 9.17) is 0 Å². The number of nitrogens with zero attached hydrogens (tertiary/aromatic N) is 5. The molecule has 0 aliphatic carbocycles. The van der Waals surface area contributed by atoms with Crippen molar-refractivity contribution in [2.45, 2.75) is 33.4 Å². The lowest BCUT2D eigenvalue weighted by Gasteiger charge is -2.12. The maximum atomic E-state index is 11.9. The molecule has 0 saturated heterocycles. The molecule has 154 valence electrons. The number of carbonyl (C=O) groups excluding carboxylic acids is 1. The topological polar surface area (TPSA) is 87.4 Å². The molecule has 9 heteroatoms. The first-order chi connectivity index (χ1) is 13.0. The number of hydrogen-bond donors (Lipinski definition) is 2. The Labute approximate surface area is 183 Å². The number of aromatic nitrogens is 3. The van der Waals surface area contributed by atoms with Crippen molar-refractivity contribution in [1.82, 2.24) is 30.3 Å². The van der Waals surface area contributed by atoms with Gasteiger partial charge in [-0.1, -0.05) is 19.1 Å². The van der Waals surface area contributed by atoms with Crippen LogP contribution in [0.2, 0.25) is 0 Å².